The van der Waals surface area contributed by atoms with Crippen LogP contribution in [0.1, 0.15) is 36.5 Å². The highest BCUT2D eigenvalue weighted by atomic mass is 16.5. The Hall–Kier alpha value is -3.19. The third kappa shape index (κ3) is 5.16. The number of hydrogen-bond donors (Lipinski definition) is 1. The van der Waals surface area contributed by atoms with Gasteiger partial charge < -0.3 is 19.7 Å². The molecule has 2 heterocycles. The molecular weight excluding hydrogens is 408 g/mol. The summed E-state index contributed by atoms with van der Waals surface area (Å²) in [5.74, 6) is 1.33. The van der Waals surface area contributed by atoms with Crippen molar-refractivity contribution in [3.05, 3.63) is 60.2 Å². The molecule has 0 aromatic heterocycles. The Labute approximate surface area is 187 Å². The van der Waals surface area contributed by atoms with E-state index in [4.69, 9.17) is 9.47 Å². The molecule has 2 amide bonds. The number of Topliss-reactive ketones (excluding diaryl/α,β-unsaturated/α-hetero) is 1. The molecule has 2 aromatic carbocycles. The van der Waals surface area contributed by atoms with Crippen molar-refractivity contribution in [2.45, 2.75) is 38.3 Å². The Kier molecular flexibility index (Phi) is 6.85. The lowest BCUT2D eigenvalue weighted by Crippen LogP contribution is -2.42. The van der Waals surface area contributed by atoms with Crippen LogP contribution in [0.3, 0.4) is 0 Å². The number of carbonyl (C=O) groups is 3. The van der Waals surface area contributed by atoms with Gasteiger partial charge in [-0.2, -0.15) is 0 Å². The zero-order valence-corrected chi connectivity index (χ0v) is 18.2. The van der Waals surface area contributed by atoms with Crippen LogP contribution in [0.5, 0.6) is 11.5 Å². The zero-order chi connectivity index (χ0) is 22.5. The van der Waals surface area contributed by atoms with Gasteiger partial charge in [0.2, 0.25) is 5.91 Å². The van der Waals surface area contributed by atoms with Gasteiger partial charge in [-0.1, -0.05) is 25.1 Å². The predicted octanol–water partition coefficient (Wildman–Crippen LogP) is 3.19. The molecule has 3 unspecified atom stereocenters. The van der Waals surface area contributed by atoms with E-state index in [0.717, 1.165) is 12.2 Å². The Balaban J connectivity index is 1.20. The largest absolute Gasteiger partial charge is 0.457 e. The molecule has 168 valence electrons. The van der Waals surface area contributed by atoms with E-state index in [-0.39, 0.29) is 36.2 Å². The maximum atomic E-state index is 12.6. The summed E-state index contributed by atoms with van der Waals surface area (Å²) in [6, 6.07) is 16.0. The highest BCUT2D eigenvalue weighted by Gasteiger charge is 2.46. The first kappa shape index (κ1) is 22.0. The second kappa shape index (κ2) is 9.96. The summed E-state index contributed by atoms with van der Waals surface area (Å²) in [5.41, 5.74) is 0.553. The van der Waals surface area contributed by atoms with Crippen LogP contribution in [-0.4, -0.2) is 54.3 Å². The van der Waals surface area contributed by atoms with Crippen molar-refractivity contribution >= 4 is 17.6 Å². The van der Waals surface area contributed by atoms with E-state index in [2.05, 4.69) is 5.32 Å². The van der Waals surface area contributed by atoms with E-state index in [1.54, 1.807) is 29.2 Å². The molecule has 0 aliphatic carbocycles. The number of carbonyl (C=O) groups excluding carboxylic acids is 3. The fourth-order valence-corrected chi connectivity index (χ4v) is 4.22. The number of amides is 2. The number of fused-ring (bicyclic) bond motifs is 1. The van der Waals surface area contributed by atoms with Crippen molar-refractivity contribution in [2.24, 2.45) is 5.92 Å². The summed E-state index contributed by atoms with van der Waals surface area (Å²) >= 11 is 0. The summed E-state index contributed by atoms with van der Waals surface area (Å²) in [4.78, 5) is 38.7. The molecule has 0 saturated carbocycles. The van der Waals surface area contributed by atoms with Gasteiger partial charge in [0.1, 0.15) is 24.1 Å². The Morgan fingerprint density at radius 3 is 2.59 bits per heavy atom. The fraction of sp³-hybridized carbons (Fsp3) is 0.400. The molecule has 4 rings (SSSR count). The molecule has 3 atom stereocenters. The van der Waals surface area contributed by atoms with Gasteiger partial charge in [0, 0.05) is 25.1 Å². The third-order valence-electron chi connectivity index (χ3n) is 5.97. The first-order valence-corrected chi connectivity index (χ1v) is 11.1. The molecule has 32 heavy (non-hydrogen) atoms. The van der Waals surface area contributed by atoms with Crippen molar-refractivity contribution in [3.8, 4) is 11.5 Å². The lowest BCUT2D eigenvalue weighted by atomic mass is 10.0. The van der Waals surface area contributed by atoms with Crippen molar-refractivity contribution in [2.75, 3.05) is 19.7 Å². The van der Waals surface area contributed by atoms with Crippen LogP contribution in [0, 0.1) is 5.92 Å². The second-order valence-electron chi connectivity index (χ2n) is 8.43. The number of benzene rings is 2. The molecule has 0 spiro atoms. The summed E-state index contributed by atoms with van der Waals surface area (Å²) in [7, 11) is 0. The molecule has 0 bridgehead atoms. The average molecular weight is 437 g/mol. The number of para-hydroxylation sites is 1. The number of likely N-dealkylation sites (tertiary alicyclic amines) is 1. The minimum absolute atomic E-state index is 0.000883. The van der Waals surface area contributed by atoms with Crippen LogP contribution in [0.15, 0.2) is 54.6 Å². The van der Waals surface area contributed by atoms with E-state index in [1.807, 2.05) is 37.3 Å². The lowest BCUT2D eigenvalue weighted by molar-refractivity contribution is -0.137. The number of nitrogens with one attached hydrogen (secondary N) is 1. The molecule has 2 aliphatic rings. The maximum absolute atomic E-state index is 12.6. The van der Waals surface area contributed by atoms with Crippen LogP contribution < -0.4 is 10.1 Å². The molecule has 0 radical (unpaired) electrons. The van der Waals surface area contributed by atoms with Crippen molar-refractivity contribution in [3.63, 3.8) is 0 Å². The first-order valence-electron chi connectivity index (χ1n) is 11.1. The van der Waals surface area contributed by atoms with E-state index < -0.39 is 6.04 Å². The number of nitrogens with zero attached hydrogens (tertiary/aromatic N) is 1. The molecule has 7 heteroatoms. The highest BCUT2D eigenvalue weighted by Crippen LogP contribution is 2.28. The Bertz CT molecular complexity index is 960. The fourth-order valence-electron chi connectivity index (χ4n) is 4.22. The number of ether oxygens (including phenoxy) is 2. The molecule has 7 nitrogen and oxygen atoms in total. The van der Waals surface area contributed by atoms with Crippen LogP contribution >= 0.6 is 0 Å². The van der Waals surface area contributed by atoms with E-state index in [1.165, 1.54) is 0 Å². The van der Waals surface area contributed by atoms with Gasteiger partial charge in [0.15, 0.2) is 5.78 Å². The van der Waals surface area contributed by atoms with Gasteiger partial charge in [-0.05, 0) is 55.2 Å². The Morgan fingerprint density at radius 1 is 1.12 bits per heavy atom. The third-order valence-corrected chi connectivity index (χ3v) is 5.97. The van der Waals surface area contributed by atoms with Gasteiger partial charge in [-0.3, -0.25) is 14.4 Å². The topological polar surface area (TPSA) is 84.9 Å². The van der Waals surface area contributed by atoms with Gasteiger partial charge in [-0.25, -0.2) is 0 Å². The number of ketones is 1. The van der Waals surface area contributed by atoms with Crippen LogP contribution in [0.2, 0.25) is 0 Å². The molecule has 2 aromatic rings. The van der Waals surface area contributed by atoms with Crippen molar-refractivity contribution < 1.29 is 23.9 Å². The summed E-state index contributed by atoms with van der Waals surface area (Å²) in [5, 5.41) is 2.91. The standard InChI is InChI=1S/C25H28N2O5/c1-17(15-23(29)27-14-12-22-24(27)21(28)16-31-22)11-13-26-25(30)18-7-9-20(10-8-18)32-19-5-3-2-4-6-19/h2-10,17,22,24H,11-16H2,1H3,(H,26,30). The minimum Gasteiger partial charge on any atom is -0.457 e. The number of rotatable bonds is 8. The smallest absolute Gasteiger partial charge is 0.251 e. The predicted molar refractivity (Wildman–Crippen MR) is 119 cm³/mol. The highest BCUT2D eigenvalue weighted by molar-refractivity contribution is 5.94. The molecule has 2 fully saturated rings. The van der Waals surface area contributed by atoms with Crippen LogP contribution in [0.25, 0.3) is 0 Å². The summed E-state index contributed by atoms with van der Waals surface area (Å²) in [6.45, 7) is 3.15. The van der Waals surface area contributed by atoms with Gasteiger partial charge in [-0.15, -0.1) is 0 Å². The molecule has 1 N–H and O–H groups in total. The van der Waals surface area contributed by atoms with Crippen molar-refractivity contribution in [1.29, 1.82) is 0 Å². The molecule has 2 aliphatic heterocycles. The number of hydrogen-bond acceptors (Lipinski definition) is 5. The van der Waals surface area contributed by atoms with Gasteiger partial charge in [0.05, 0.1) is 6.10 Å². The SMILES string of the molecule is CC(CCNC(=O)c1ccc(Oc2ccccc2)cc1)CC(=O)N1CCC2OCC(=O)C21. The van der Waals surface area contributed by atoms with Crippen LogP contribution in [-0.2, 0) is 14.3 Å². The first-order chi connectivity index (χ1) is 15.5. The molecule has 2 saturated heterocycles. The second-order valence-corrected chi connectivity index (χ2v) is 8.43. The van der Waals surface area contributed by atoms with Gasteiger partial charge in [0.25, 0.3) is 5.91 Å². The minimum atomic E-state index is -0.400. The zero-order valence-electron chi connectivity index (χ0n) is 18.2. The monoisotopic (exact) mass is 436 g/mol. The average Bonchev–Trinajstić information content (AvgIpc) is 3.38. The molecular formula is C25H28N2O5. The Morgan fingerprint density at radius 2 is 1.84 bits per heavy atom. The van der Waals surface area contributed by atoms with Crippen LogP contribution in [0.4, 0.5) is 0 Å². The lowest BCUT2D eigenvalue weighted by Gasteiger charge is -2.23. The van der Waals surface area contributed by atoms with E-state index in [9.17, 15) is 14.4 Å². The maximum Gasteiger partial charge on any atom is 0.251 e. The summed E-state index contributed by atoms with van der Waals surface area (Å²) < 4.78 is 11.2. The summed E-state index contributed by atoms with van der Waals surface area (Å²) in [6.07, 6.45) is 1.63. The van der Waals surface area contributed by atoms with E-state index >= 15 is 0 Å². The normalized spacial score (nSPS) is 20.7. The van der Waals surface area contributed by atoms with E-state index in [0.29, 0.717) is 37.2 Å². The van der Waals surface area contributed by atoms with Gasteiger partial charge >= 0.3 is 0 Å². The quantitative estimate of drug-likeness (QED) is 0.687. The van der Waals surface area contributed by atoms with Crippen molar-refractivity contribution in [1.82, 2.24) is 10.2 Å².